The maximum absolute atomic E-state index is 5.61. The van der Waals surface area contributed by atoms with Gasteiger partial charge >= 0.3 is 0 Å². The summed E-state index contributed by atoms with van der Waals surface area (Å²) in [6.45, 7) is 3.11. The molecule has 4 nitrogen and oxygen atoms in total. The van der Waals surface area contributed by atoms with E-state index in [1.54, 1.807) is 0 Å². The number of aromatic nitrogens is 1. The minimum Gasteiger partial charge on any atom is -0.379 e. The number of nitrogens with zero attached hydrogens (tertiary/aromatic N) is 2. The van der Waals surface area contributed by atoms with Crippen molar-refractivity contribution in [2.45, 2.75) is 19.4 Å². The quantitative estimate of drug-likeness (QED) is 0.726. The summed E-state index contributed by atoms with van der Waals surface area (Å²) in [5.74, 6) is 0.839. The van der Waals surface area contributed by atoms with E-state index in [0.717, 1.165) is 37.1 Å². The second-order valence-corrected chi connectivity index (χ2v) is 4.65. The number of hydrogen-bond donors (Lipinski definition) is 1. The van der Waals surface area contributed by atoms with Crippen molar-refractivity contribution in [1.82, 2.24) is 4.98 Å². The number of anilines is 1. The van der Waals surface area contributed by atoms with Crippen LogP contribution in [0.2, 0.25) is 0 Å². The van der Waals surface area contributed by atoms with Crippen molar-refractivity contribution in [3.05, 3.63) is 24.0 Å². The summed E-state index contributed by atoms with van der Waals surface area (Å²) in [6.07, 6.45) is 4.56. The Balaban J connectivity index is 1.71. The molecule has 1 saturated carbocycles. The number of nitrogens with two attached hydrogens (primary N) is 1. The van der Waals surface area contributed by atoms with Gasteiger partial charge in [0.25, 0.3) is 0 Å². The molecule has 17 heavy (non-hydrogen) atoms. The third kappa shape index (κ3) is 3.98. The van der Waals surface area contributed by atoms with E-state index in [2.05, 4.69) is 23.0 Å². The van der Waals surface area contributed by atoms with Crippen molar-refractivity contribution in [1.29, 1.82) is 0 Å². The van der Waals surface area contributed by atoms with Gasteiger partial charge in [0.1, 0.15) is 0 Å². The minimum atomic E-state index is 0.495. The number of ether oxygens (including phenoxy) is 1. The van der Waals surface area contributed by atoms with E-state index in [1.807, 2.05) is 12.3 Å². The van der Waals surface area contributed by atoms with E-state index < -0.39 is 0 Å². The summed E-state index contributed by atoms with van der Waals surface area (Å²) in [5, 5.41) is 0. The molecule has 0 amide bonds. The first-order valence-corrected chi connectivity index (χ1v) is 6.23. The average Bonchev–Trinajstić information content (AvgIpc) is 3.18. The number of likely N-dealkylation sites (N-methyl/N-ethyl adjacent to an activating group) is 1. The molecule has 0 bridgehead atoms. The maximum atomic E-state index is 5.61. The highest BCUT2D eigenvalue weighted by molar-refractivity contribution is 5.43. The number of rotatable bonds is 7. The van der Waals surface area contributed by atoms with Crippen LogP contribution in [-0.2, 0) is 11.3 Å². The van der Waals surface area contributed by atoms with E-state index >= 15 is 0 Å². The summed E-state index contributed by atoms with van der Waals surface area (Å²) in [4.78, 5) is 6.43. The first kappa shape index (κ1) is 12.3. The van der Waals surface area contributed by atoms with E-state index in [1.165, 1.54) is 12.8 Å². The lowest BCUT2D eigenvalue weighted by molar-refractivity contribution is 0.131. The first-order chi connectivity index (χ1) is 8.29. The lowest BCUT2D eigenvalue weighted by Crippen LogP contribution is -2.23. The molecule has 4 heteroatoms. The van der Waals surface area contributed by atoms with Crippen LogP contribution in [0.25, 0.3) is 0 Å². The van der Waals surface area contributed by atoms with Gasteiger partial charge in [-0.25, -0.2) is 0 Å². The molecule has 1 aromatic heterocycles. The molecular formula is C13H21N3O. The predicted molar refractivity (Wildman–Crippen MR) is 68.9 cm³/mol. The van der Waals surface area contributed by atoms with Crippen molar-refractivity contribution >= 4 is 5.69 Å². The molecule has 0 radical (unpaired) electrons. The molecule has 0 saturated heterocycles. The van der Waals surface area contributed by atoms with E-state index in [9.17, 15) is 0 Å². The molecule has 0 spiro atoms. The van der Waals surface area contributed by atoms with Gasteiger partial charge < -0.3 is 15.4 Å². The van der Waals surface area contributed by atoms with Gasteiger partial charge in [0.15, 0.2) is 0 Å². The molecule has 0 atom stereocenters. The predicted octanol–water partition coefficient (Wildman–Crippen LogP) is 1.40. The Kier molecular flexibility index (Phi) is 4.34. The number of hydrogen-bond acceptors (Lipinski definition) is 4. The smallest absolute Gasteiger partial charge is 0.0641 e. The van der Waals surface area contributed by atoms with Crippen molar-refractivity contribution < 1.29 is 4.74 Å². The number of pyridine rings is 1. The molecular weight excluding hydrogens is 214 g/mol. The zero-order chi connectivity index (χ0) is 12.1. The van der Waals surface area contributed by atoms with Gasteiger partial charge in [0.05, 0.1) is 24.2 Å². The molecule has 94 valence electrons. The summed E-state index contributed by atoms with van der Waals surface area (Å²) >= 11 is 0. The van der Waals surface area contributed by atoms with Crippen molar-refractivity contribution in [3.63, 3.8) is 0 Å². The van der Waals surface area contributed by atoms with Gasteiger partial charge in [-0.05, 0) is 30.9 Å². The van der Waals surface area contributed by atoms with Gasteiger partial charge in [-0.3, -0.25) is 4.98 Å². The van der Waals surface area contributed by atoms with Gasteiger partial charge in [0.2, 0.25) is 0 Å². The third-order valence-electron chi connectivity index (χ3n) is 3.08. The molecule has 1 aliphatic rings. The Bertz CT molecular complexity index is 335. The summed E-state index contributed by atoms with van der Waals surface area (Å²) in [5.41, 5.74) is 7.54. The van der Waals surface area contributed by atoms with Gasteiger partial charge in [0, 0.05) is 26.7 Å². The molecule has 1 aliphatic carbocycles. The fourth-order valence-electron chi connectivity index (χ4n) is 1.63. The van der Waals surface area contributed by atoms with E-state index in [0.29, 0.717) is 6.54 Å². The monoisotopic (exact) mass is 235 g/mol. The van der Waals surface area contributed by atoms with Crippen LogP contribution in [-0.4, -0.2) is 31.8 Å². The van der Waals surface area contributed by atoms with Crippen LogP contribution in [0.5, 0.6) is 0 Å². The van der Waals surface area contributed by atoms with Crippen LogP contribution in [0.4, 0.5) is 5.69 Å². The fourth-order valence-corrected chi connectivity index (χ4v) is 1.63. The van der Waals surface area contributed by atoms with E-state index in [4.69, 9.17) is 10.5 Å². The maximum Gasteiger partial charge on any atom is 0.0641 e. The summed E-state index contributed by atoms with van der Waals surface area (Å²) < 4.78 is 5.61. The van der Waals surface area contributed by atoms with Crippen LogP contribution in [0.3, 0.4) is 0 Å². The lowest BCUT2D eigenvalue weighted by Gasteiger charge is -2.19. The average molecular weight is 235 g/mol. The van der Waals surface area contributed by atoms with Gasteiger partial charge in [-0.15, -0.1) is 0 Å². The summed E-state index contributed by atoms with van der Waals surface area (Å²) in [6, 6.07) is 4.02. The molecule has 2 N–H and O–H groups in total. The van der Waals surface area contributed by atoms with Crippen molar-refractivity contribution in [2.75, 3.05) is 31.7 Å². The van der Waals surface area contributed by atoms with Gasteiger partial charge in [-0.1, -0.05) is 0 Å². The van der Waals surface area contributed by atoms with Crippen LogP contribution >= 0.6 is 0 Å². The summed E-state index contributed by atoms with van der Waals surface area (Å²) in [7, 11) is 2.06. The minimum absolute atomic E-state index is 0.495. The highest BCUT2D eigenvalue weighted by Crippen LogP contribution is 2.28. The normalized spacial score (nSPS) is 14.9. The molecule has 1 fully saturated rings. The Hall–Kier alpha value is -1.13. The first-order valence-electron chi connectivity index (χ1n) is 6.23. The molecule has 2 rings (SSSR count). The molecule has 0 unspecified atom stereocenters. The van der Waals surface area contributed by atoms with Crippen LogP contribution < -0.4 is 10.6 Å². The molecule has 1 heterocycles. The highest BCUT2D eigenvalue weighted by Gasteiger charge is 2.20. The van der Waals surface area contributed by atoms with Crippen molar-refractivity contribution in [3.8, 4) is 0 Å². The Morgan fingerprint density at radius 3 is 2.88 bits per heavy atom. The second-order valence-electron chi connectivity index (χ2n) is 4.65. The van der Waals surface area contributed by atoms with Crippen LogP contribution in [0.1, 0.15) is 18.5 Å². The Morgan fingerprint density at radius 1 is 1.47 bits per heavy atom. The topological polar surface area (TPSA) is 51.4 Å². The molecule has 0 aliphatic heterocycles. The van der Waals surface area contributed by atoms with Crippen molar-refractivity contribution in [2.24, 2.45) is 11.7 Å². The molecule has 1 aromatic rings. The Labute approximate surface area is 103 Å². The zero-order valence-electron chi connectivity index (χ0n) is 10.4. The standard InChI is InChI=1S/C13H21N3O/c1-16(6-7-17-10-11-2-3-11)13-5-4-12(8-14)15-9-13/h4-5,9,11H,2-3,6-8,10,14H2,1H3. The largest absolute Gasteiger partial charge is 0.379 e. The SMILES string of the molecule is CN(CCOCC1CC1)c1ccc(CN)nc1. The second kappa shape index (κ2) is 5.98. The molecule has 0 aromatic carbocycles. The van der Waals surface area contributed by atoms with Crippen LogP contribution in [0.15, 0.2) is 18.3 Å². The zero-order valence-corrected chi connectivity index (χ0v) is 10.4. The van der Waals surface area contributed by atoms with Gasteiger partial charge in [-0.2, -0.15) is 0 Å². The fraction of sp³-hybridized carbons (Fsp3) is 0.615. The van der Waals surface area contributed by atoms with E-state index in [-0.39, 0.29) is 0 Å². The lowest BCUT2D eigenvalue weighted by atomic mass is 10.3. The highest BCUT2D eigenvalue weighted by atomic mass is 16.5. The Morgan fingerprint density at radius 2 is 2.29 bits per heavy atom. The third-order valence-corrected chi connectivity index (χ3v) is 3.08. The van der Waals surface area contributed by atoms with Crippen LogP contribution in [0, 0.1) is 5.92 Å².